The fourth-order valence-electron chi connectivity index (χ4n) is 3.10. The minimum absolute atomic E-state index is 0.153. The molecule has 2 heterocycles. The Morgan fingerprint density at radius 1 is 1.06 bits per heavy atom. The molecule has 31 heavy (non-hydrogen) atoms. The number of carbonyl (C=O) groups excluding carboxylic acids is 2. The van der Waals surface area contributed by atoms with Crippen molar-refractivity contribution < 1.29 is 19.1 Å². The fraction of sp³-hybridized carbons (Fsp3) is 0.0909. The number of amides is 1. The smallest absolute Gasteiger partial charge is 0.339 e. The third-order valence-electron chi connectivity index (χ3n) is 4.64. The summed E-state index contributed by atoms with van der Waals surface area (Å²) in [7, 11) is 2.81. The van der Waals surface area contributed by atoms with Crippen LogP contribution in [0.5, 0.6) is 5.75 Å². The van der Waals surface area contributed by atoms with Gasteiger partial charge in [-0.1, -0.05) is 24.3 Å². The van der Waals surface area contributed by atoms with Crippen LogP contribution in [0.4, 0.5) is 5.69 Å². The number of para-hydroxylation sites is 1. The summed E-state index contributed by atoms with van der Waals surface area (Å²) in [5.74, 6) is -0.628. The molecule has 0 saturated carbocycles. The highest BCUT2D eigenvalue weighted by atomic mass is 32.1. The van der Waals surface area contributed by atoms with E-state index in [0.29, 0.717) is 16.4 Å². The molecule has 9 heteroatoms. The molecule has 4 aromatic rings. The molecule has 156 valence electrons. The molecule has 0 bridgehead atoms. The van der Waals surface area contributed by atoms with Gasteiger partial charge in [-0.05, 0) is 24.3 Å². The summed E-state index contributed by atoms with van der Waals surface area (Å²) in [6.07, 6.45) is 1.24. The first-order chi connectivity index (χ1) is 15.0. The number of rotatable bonds is 5. The van der Waals surface area contributed by atoms with Crippen molar-refractivity contribution in [3.8, 4) is 17.0 Å². The summed E-state index contributed by atoms with van der Waals surface area (Å²) in [6, 6.07) is 13.7. The number of esters is 1. The summed E-state index contributed by atoms with van der Waals surface area (Å²) in [6.45, 7) is 0. The molecule has 0 fully saturated rings. The Morgan fingerprint density at radius 2 is 1.87 bits per heavy atom. The minimum atomic E-state index is -0.675. The van der Waals surface area contributed by atoms with E-state index in [1.165, 1.54) is 35.1 Å². The zero-order valence-corrected chi connectivity index (χ0v) is 17.4. The van der Waals surface area contributed by atoms with Gasteiger partial charge in [0, 0.05) is 17.1 Å². The van der Waals surface area contributed by atoms with E-state index in [4.69, 9.17) is 9.47 Å². The summed E-state index contributed by atoms with van der Waals surface area (Å²) >= 11 is 1.29. The van der Waals surface area contributed by atoms with Crippen molar-refractivity contribution >= 4 is 33.9 Å². The van der Waals surface area contributed by atoms with E-state index < -0.39 is 17.4 Å². The number of thiazole rings is 1. The lowest BCUT2D eigenvalue weighted by atomic mass is 10.1. The van der Waals surface area contributed by atoms with Crippen molar-refractivity contribution in [2.45, 2.75) is 0 Å². The lowest BCUT2D eigenvalue weighted by Gasteiger charge is -2.10. The van der Waals surface area contributed by atoms with Crippen LogP contribution in [0.3, 0.4) is 0 Å². The zero-order chi connectivity index (χ0) is 22.0. The molecule has 1 amide bonds. The molecule has 0 spiro atoms. The van der Waals surface area contributed by atoms with Gasteiger partial charge in [-0.25, -0.2) is 9.78 Å². The molecule has 0 aliphatic carbocycles. The third kappa shape index (κ3) is 3.78. The van der Waals surface area contributed by atoms with Gasteiger partial charge in [-0.3, -0.25) is 14.0 Å². The van der Waals surface area contributed by atoms with Crippen LogP contribution in [0.2, 0.25) is 0 Å². The van der Waals surface area contributed by atoms with Crippen LogP contribution in [0.1, 0.15) is 20.7 Å². The highest BCUT2D eigenvalue weighted by Gasteiger charge is 2.19. The van der Waals surface area contributed by atoms with Crippen LogP contribution < -0.4 is 15.6 Å². The molecular formula is C22H17N3O5S. The molecule has 0 saturated heterocycles. The fourth-order valence-corrected chi connectivity index (χ4v) is 3.96. The van der Waals surface area contributed by atoms with E-state index in [0.717, 1.165) is 5.56 Å². The molecule has 1 N–H and O–H groups in total. The van der Waals surface area contributed by atoms with Gasteiger partial charge < -0.3 is 14.8 Å². The van der Waals surface area contributed by atoms with Gasteiger partial charge in [0.15, 0.2) is 4.96 Å². The number of carbonyl (C=O) groups is 2. The lowest BCUT2D eigenvalue weighted by molar-refractivity contribution is 0.0602. The van der Waals surface area contributed by atoms with E-state index in [1.54, 1.807) is 42.8 Å². The predicted molar refractivity (Wildman–Crippen MR) is 117 cm³/mol. The summed E-state index contributed by atoms with van der Waals surface area (Å²) in [4.78, 5) is 42.7. The minimum Gasteiger partial charge on any atom is -0.497 e. The van der Waals surface area contributed by atoms with Crippen LogP contribution in [-0.4, -0.2) is 35.5 Å². The number of aromatic nitrogens is 2. The normalized spacial score (nSPS) is 10.6. The van der Waals surface area contributed by atoms with Crippen LogP contribution in [0, 0.1) is 0 Å². The number of hydrogen-bond donors (Lipinski definition) is 1. The van der Waals surface area contributed by atoms with E-state index in [-0.39, 0.29) is 16.8 Å². The maximum atomic E-state index is 13.2. The maximum absolute atomic E-state index is 13.2. The Morgan fingerprint density at radius 3 is 2.65 bits per heavy atom. The highest BCUT2D eigenvalue weighted by molar-refractivity contribution is 7.15. The number of ether oxygens (including phenoxy) is 2. The summed E-state index contributed by atoms with van der Waals surface area (Å²) in [5, 5.41) is 4.41. The Labute approximate surface area is 180 Å². The third-order valence-corrected chi connectivity index (χ3v) is 5.48. The Kier molecular flexibility index (Phi) is 5.50. The number of anilines is 1. The van der Waals surface area contributed by atoms with Crippen LogP contribution >= 0.6 is 11.3 Å². The highest BCUT2D eigenvalue weighted by Crippen LogP contribution is 2.27. The Balaban J connectivity index is 1.76. The summed E-state index contributed by atoms with van der Waals surface area (Å²) < 4.78 is 11.4. The monoisotopic (exact) mass is 435 g/mol. The lowest BCUT2D eigenvalue weighted by Crippen LogP contribution is -2.27. The number of nitrogens with one attached hydrogen (secondary N) is 1. The Bertz CT molecular complexity index is 1360. The summed E-state index contributed by atoms with van der Waals surface area (Å²) in [5.41, 5.74) is 1.10. The van der Waals surface area contributed by atoms with Crippen molar-refractivity contribution in [2.24, 2.45) is 0 Å². The first kappa shape index (κ1) is 20.3. The van der Waals surface area contributed by atoms with Crippen molar-refractivity contribution in [3.63, 3.8) is 0 Å². The topological polar surface area (TPSA) is 99.0 Å². The molecule has 2 aromatic heterocycles. The second-order valence-corrected chi connectivity index (χ2v) is 7.28. The molecule has 0 aliphatic heterocycles. The average Bonchev–Trinajstić information content (AvgIpc) is 3.24. The van der Waals surface area contributed by atoms with Gasteiger partial charge in [-0.15, -0.1) is 11.3 Å². The number of nitrogens with zero attached hydrogens (tertiary/aromatic N) is 2. The second kappa shape index (κ2) is 8.41. The first-order valence-electron chi connectivity index (χ1n) is 9.16. The molecular weight excluding hydrogens is 418 g/mol. The van der Waals surface area contributed by atoms with Gasteiger partial charge in [0.25, 0.3) is 11.5 Å². The van der Waals surface area contributed by atoms with Crippen molar-refractivity contribution in [2.75, 3.05) is 19.5 Å². The average molecular weight is 435 g/mol. The van der Waals surface area contributed by atoms with Crippen LogP contribution in [0.15, 0.2) is 64.9 Å². The van der Waals surface area contributed by atoms with Crippen LogP contribution in [-0.2, 0) is 4.74 Å². The number of benzene rings is 2. The van der Waals surface area contributed by atoms with Gasteiger partial charge in [0.1, 0.15) is 11.3 Å². The number of hydrogen-bond acceptors (Lipinski definition) is 7. The maximum Gasteiger partial charge on any atom is 0.339 e. The van der Waals surface area contributed by atoms with Crippen molar-refractivity contribution in [1.82, 2.24) is 9.38 Å². The molecule has 0 radical (unpaired) electrons. The first-order valence-corrected chi connectivity index (χ1v) is 10.0. The van der Waals surface area contributed by atoms with E-state index in [2.05, 4.69) is 10.3 Å². The molecule has 0 atom stereocenters. The standard InChI is InChI=1S/C22H17N3O5S/c1-29-14-7-5-6-13(10-14)18-12-31-22-23-11-16(20(27)25(18)22)19(26)24-17-9-4-3-8-15(17)21(28)30-2/h3-12H,1-2H3,(H,24,26). The molecule has 4 rings (SSSR count). The van der Waals surface area contributed by atoms with E-state index >= 15 is 0 Å². The molecule has 0 aliphatic rings. The van der Waals surface area contributed by atoms with Gasteiger partial charge in [0.2, 0.25) is 0 Å². The molecule has 0 unspecified atom stereocenters. The van der Waals surface area contributed by atoms with Gasteiger partial charge >= 0.3 is 5.97 Å². The van der Waals surface area contributed by atoms with Crippen molar-refractivity contribution in [1.29, 1.82) is 0 Å². The quantitative estimate of drug-likeness (QED) is 0.482. The molecule has 8 nitrogen and oxygen atoms in total. The van der Waals surface area contributed by atoms with E-state index in [1.807, 2.05) is 12.1 Å². The Hall–Kier alpha value is -3.98. The van der Waals surface area contributed by atoms with E-state index in [9.17, 15) is 14.4 Å². The predicted octanol–water partition coefficient (Wildman–Crippen LogP) is 3.47. The molecule has 2 aromatic carbocycles. The SMILES string of the molecule is COC(=O)c1ccccc1NC(=O)c1cnc2scc(-c3cccc(OC)c3)n2c1=O. The van der Waals surface area contributed by atoms with Crippen LogP contribution in [0.25, 0.3) is 16.2 Å². The van der Waals surface area contributed by atoms with Gasteiger partial charge in [-0.2, -0.15) is 0 Å². The second-order valence-electron chi connectivity index (χ2n) is 6.44. The largest absolute Gasteiger partial charge is 0.497 e. The number of fused-ring (bicyclic) bond motifs is 1. The van der Waals surface area contributed by atoms with Gasteiger partial charge in [0.05, 0.1) is 31.2 Å². The zero-order valence-electron chi connectivity index (χ0n) is 16.6. The van der Waals surface area contributed by atoms with Crippen molar-refractivity contribution in [3.05, 3.63) is 81.6 Å². The number of methoxy groups -OCH3 is 2.